The van der Waals surface area contributed by atoms with Gasteiger partial charge in [0.25, 0.3) is 17.7 Å². The predicted octanol–water partition coefficient (Wildman–Crippen LogP) is 0.792. The lowest BCUT2D eigenvalue weighted by Crippen LogP contribution is -2.59. The molecule has 0 bridgehead atoms. The van der Waals surface area contributed by atoms with Crippen molar-refractivity contribution in [1.82, 2.24) is 35.9 Å². The van der Waals surface area contributed by atoms with E-state index in [4.69, 9.17) is 11.5 Å². The zero-order valence-corrected chi connectivity index (χ0v) is 22.4. The van der Waals surface area contributed by atoms with Gasteiger partial charge in [-0.1, -0.05) is 0 Å². The van der Waals surface area contributed by atoms with Crippen LogP contribution in [0.3, 0.4) is 0 Å². The average Bonchev–Trinajstić information content (AvgIpc) is 3.63. The number of nitrogens with one attached hydrogen (secondary N) is 6. The third kappa shape index (κ3) is 5.00. The highest BCUT2D eigenvalue weighted by molar-refractivity contribution is 9.10. The Morgan fingerprint density at radius 2 is 1.57 bits per heavy atom. The first-order chi connectivity index (χ1) is 17.7. The molecule has 15 heteroatoms. The number of carbonyl (C=O) groups excluding carboxylic acids is 3. The fourth-order valence-corrected chi connectivity index (χ4v) is 5.91. The number of carbonyl (C=O) groups is 3. The second-order valence-corrected chi connectivity index (χ2v) is 10.8. The largest absolute Gasteiger partial charge is 0.370 e. The van der Waals surface area contributed by atoms with Crippen LogP contribution in [-0.2, 0) is 4.79 Å². The number of guanidine groups is 1. The minimum Gasteiger partial charge on any atom is -0.370 e. The summed E-state index contributed by atoms with van der Waals surface area (Å²) in [5.74, 6) is -1.60. The maximum absolute atomic E-state index is 12.8. The molecule has 0 spiro atoms. The molecule has 3 amide bonds. The van der Waals surface area contributed by atoms with Crippen molar-refractivity contribution >= 4 is 61.5 Å². The highest BCUT2D eigenvalue weighted by Gasteiger charge is 2.57. The number of amides is 3. The Morgan fingerprint density at radius 1 is 0.973 bits per heavy atom. The predicted molar refractivity (Wildman–Crippen MR) is 141 cm³/mol. The van der Waals surface area contributed by atoms with Gasteiger partial charge in [0, 0.05) is 52.0 Å². The molecule has 2 aliphatic rings. The number of H-pyrrole nitrogens is 3. The van der Waals surface area contributed by atoms with E-state index in [1.165, 1.54) is 0 Å². The summed E-state index contributed by atoms with van der Waals surface area (Å²) in [7, 11) is 0. The zero-order chi connectivity index (χ0) is 26.3. The molecule has 13 nitrogen and oxygen atoms in total. The maximum atomic E-state index is 12.8. The fourth-order valence-electron chi connectivity index (χ4n) is 5.22. The number of aromatic amines is 3. The van der Waals surface area contributed by atoms with Gasteiger partial charge >= 0.3 is 0 Å². The lowest BCUT2D eigenvalue weighted by atomic mass is 9.53. The summed E-state index contributed by atoms with van der Waals surface area (Å²) in [4.78, 5) is 55.6. The van der Waals surface area contributed by atoms with E-state index >= 15 is 0 Å². The van der Waals surface area contributed by atoms with Gasteiger partial charge in [0.1, 0.15) is 17.4 Å². The van der Waals surface area contributed by atoms with Crippen molar-refractivity contribution in [2.45, 2.75) is 12.0 Å². The SMILES string of the molecule is NC1=N[C@H]([C@H]2[C@H](CNC(=O)c3cc(Br)c[nH]3)[C@@H](CNC(=O)c3cc(Br)c[nH]3)[C@@H]2c2cnc(N)[nH]2)C(=O)N1. The second kappa shape index (κ2) is 10.0. The first-order valence-electron chi connectivity index (χ1n) is 11.4. The molecule has 0 unspecified atom stereocenters. The fraction of sp³-hybridized carbons (Fsp3) is 0.318. The van der Waals surface area contributed by atoms with E-state index in [9.17, 15) is 14.4 Å². The van der Waals surface area contributed by atoms with Gasteiger partial charge in [-0.05, 0) is 55.8 Å². The highest BCUT2D eigenvalue weighted by atomic mass is 79.9. The summed E-state index contributed by atoms with van der Waals surface area (Å²) >= 11 is 6.65. The van der Waals surface area contributed by atoms with Crippen LogP contribution >= 0.6 is 31.9 Å². The lowest BCUT2D eigenvalue weighted by molar-refractivity contribution is -0.124. The Labute approximate surface area is 227 Å². The van der Waals surface area contributed by atoms with Crippen LogP contribution in [0.5, 0.6) is 0 Å². The summed E-state index contributed by atoms with van der Waals surface area (Å²) in [6.45, 7) is 0.520. The number of aromatic nitrogens is 4. The molecule has 0 aromatic carbocycles. The quantitative estimate of drug-likeness (QED) is 0.179. The Bertz CT molecular complexity index is 1380. The number of aliphatic imine (C=N–C) groups is 1. The van der Waals surface area contributed by atoms with Crippen LogP contribution in [0, 0.1) is 17.8 Å². The van der Waals surface area contributed by atoms with Gasteiger partial charge in [-0.3, -0.25) is 19.7 Å². The molecule has 0 radical (unpaired) electrons. The Balaban J connectivity index is 1.41. The smallest absolute Gasteiger partial charge is 0.267 e. The third-order valence-electron chi connectivity index (χ3n) is 6.84. The van der Waals surface area contributed by atoms with Crippen molar-refractivity contribution in [1.29, 1.82) is 0 Å². The number of hydrogen-bond donors (Lipinski definition) is 8. The molecule has 5 rings (SSSR count). The number of rotatable bonds is 8. The number of imidazole rings is 1. The Kier molecular flexibility index (Phi) is 6.81. The van der Waals surface area contributed by atoms with Crippen LogP contribution in [-0.4, -0.2) is 62.7 Å². The van der Waals surface area contributed by atoms with Crippen LogP contribution in [0.15, 0.2) is 44.7 Å². The highest BCUT2D eigenvalue weighted by Crippen LogP contribution is 2.54. The van der Waals surface area contributed by atoms with Crippen molar-refractivity contribution in [3.05, 3.63) is 56.8 Å². The van der Waals surface area contributed by atoms with Crippen LogP contribution in [0.1, 0.15) is 32.6 Å². The number of nitrogens with zero attached hydrogens (tertiary/aromatic N) is 2. The van der Waals surface area contributed by atoms with E-state index in [2.05, 4.69) is 72.7 Å². The molecule has 37 heavy (non-hydrogen) atoms. The molecule has 1 saturated carbocycles. The standard InChI is InChI=1S/C22H24Br2N10O3/c23-8-1-12(27-3-8)18(35)29-5-10-11(6-30-19(36)13-2-9(24)4-28-13)16(17-20(37)34-22(26)33-17)15(10)14-7-31-21(25)32-14/h1-4,7,10-11,15-17,27-28H,5-6H2,(H,29,35)(H,30,36)(H3,25,31,32)(H3,26,33,34,37)/t10-,11-,15-,16+,17-/m1/s1. The van der Waals surface area contributed by atoms with Gasteiger partial charge in [0.05, 0.1) is 6.20 Å². The third-order valence-corrected chi connectivity index (χ3v) is 7.75. The van der Waals surface area contributed by atoms with Crippen LogP contribution in [0.4, 0.5) is 5.95 Å². The molecule has 0 saturated heterocycles. The van der Waals surface area contributed by atoms with E-state index in [-0.39, 0.29) is 66.4 Å². The van der Waals surface area contributed by atoms with Crippen LogP contribution < -0.4 is 27.4 Å². The summed E-state index contributed by atoms with van der Waals surface area (Å²) in [6.07, 6.45) is 4.95. The van der Waals surface area contributed by atoms with Gasteiger partial charge in [-0.15, -0.1) is 0 Å². The molecule has 5 atom stereocenters. The minimum atomic E-state index is -0.762. The number of nitrogen functional groups attached to an aromatic ring is 1. The number of halogens is 2. The van der Waals surface area contributed by atoms with Gasteiger partial charge in [-0.2, -0.15) is 0 Å². The normalized spacial score (nSPS) is 24.8. The molecule has 4 heterocycles. The first-order valence-corrected chi connectivity index (χ1v) is 13.0. The molecule has 3 aromatic rings. The minimum absolute atomic E-state index is 0.0472. The zero-order valence-electron chi connectivity index (χ0n) is 19.2. The maximum Gasteiger partial charge on any atom is 0.267 e. The van der Waals surface area contributed by atoms with E-state index in [0.29, 0.717) is 17.1 Å². The Morgan fingerprint density at radius 3 is 2.03 bits per heavy atom. The molecular weight excluding hydrogens is 612 g/mol. The summed E-state index contributed by atoms with van der Waals surface area (Å²) < 4.78 is 1.51. The molecule has 3 aromatic heterocycles. The topological polar surface area (TPSA) is 212 Å². The molecule has 194 valence electrons. The molecule has 1 fully saturated rings. The van der Waals surface area contributed by atoms with Crippen LogP contribution in [0.25, 0.3) is 0 Å². The van der Waals surface area contributed by atoms with E-state index in [0.717, 1.165) is 8.95 Å². The van der Waals surface area contributed by atoms with E-state index in [1.54, 1.807) is 30.7 Å². The van der Waals surface area contributed by atoms with E-state index in [1.807, 2.05) is 0 Å². The first kappa shape index (κ1) is 25.1. The van der Waals surface area contributed by atoms with Crippen LogP contribution in [0.2, 0.25) is 0 Å². The summed E-state index contributed by atoms with van der Waals surface area (Å²) in [5, 5.41) is 8.47. The van der Waals surface area contributed by atoms with Crippen molar-refractivity contribution in [2.24, 2.45) is 28.5 Å². The molecule has 1 aliphatic heterocycles. The van der Waals surface area contributed by atoms with Crippen molar-refractivity contribution < 1.29 is 14.4 Å². The van der Waals surface area contributed by atoms with E-state index < -0.39 is 6.04 Å². The average molecular weight is 636 g/mol. The summed E-state index contributed by atoms with van der Waals surface area (Å²) in [5.41, 5.74) is 13.2. The summed E-state index contributed by atoms with van der Waals surface area (Å²) in [6, 6.07) is 2.59. The molecule has 1 aliphatic carbocycles. The lowest BCUT2D eigenvalue weighted by Gasteiger charge is -2.53. The van der Waals surface area contributed by atoms with Crippen molar-refractivity contribution in [3.8, 4) is 0 Å². The van der Waals surface area contributed by atoms with Crippen molar-refractivity contribution in [3.63, 3.8) is 0 Å². The Hall–Kier alpha value is -3.59. The number of nitrogens with two attached hydrogens (primary N) is 2. The number of anilines is 1. The van der Waals surface area contributed by atoms with Gasteiger partial charge in [0.15, 0.2) is 11.9 Å². The molecule has 10 N–H and O–H groups in total. The van der Waals surface area contributed by atoms with Gasteiger partial charge < -0.3 is 37.1 Å². The van der Waals surface area contributed by atoms with Gasteiger partial charge in [0.2, 0.25) is 0 Å². The second-order valence-electron chi connectivity index (χ2n) is 8.99. The molecular formula is C22H24Br2N10O3. The monoisotopic (exact) mass is 634 g/mol. The van der Waals surface area contributed by atoms with Crippen molar-refractivity contribution in [2.75, 3.05) is 18.8 Å². The number of hydrogen-bond acceptors (Lipinski definition) is 7. The van der Waals surface area contributed by atoms with Gasteiger partial charge in [-0.25, -0.2) is 9.98 Å².